The number of anilines is 1. The Hall–Kier alpha value is -2.61. The van der Waals surface area contributed by atoms with E-state index in [2.05, 4.69) is 4.72 Å². The number of non-ortho nitro benzene ring substituents is 1. The summed E-state index contributed by atoms with van der Waals surface area (Å²) in [6.45, 7) is 9.00. The molecule has 2 aromatic rings. The van der Waals surface area contributed by atoms with Crippen LogP contribution in [0, 0.1) is 44.7 Å². The van der Waals surface area contributed by atoms with Gasteiger partial charge in [0.15, 0.2) is 0 Å². The first-order valence-electron chi connectivity index (χ1n) is 7.52. The molecular weight excluding hydrogens is 344 g/mol. The molecule has 1 N–H and O–H groups in total. The lowest BCUT2D eigenvalue weighted by Gasteiger charge is -2.21. The van der Waals surface area contributed by atoms with Crippen molar-refractivity contribution in [1.29, 1.82) is 0 Å². The van der Waals surface area contributed by atoms with E-state index in [1.807, 2.05) is 20.8 Å². The van der Waals surface area contributed by atoms with Crippen molar-refractivity contribution in [2.45, 2.75) is 39.5 Å². The highest BCUT2D eigenvalue weighted by atomic mass is 32.2. The molecule has 0 spiro atoms. The highest BCUT2D eigenvalue weighted by molar-refractivity contribution is 7.92. The van der Waals surface area contributed by atoms with Crippen molar-refractivity contribution < 1.29 is 18.4 Å². The van der Waals surface area contributed by atoms with Gasteiger partial charge < -0.3 is 5.11 Å². The Morgan fingerprint density at radius 3 is 1.88 bits per heavy atom. The third-order valence-electron chi connectivity index (χ3n) is 4.62. The summed E-state index contributed by atoms with van der Waals surface area (Å²) in [5.41, 5.74) is 3.19. The molecule has 0 aliphatic carbocycles. The fourth-order valence-corrected chi connectivity index (χ4v) is 4.44. The van der Waals surface area contributed by atoms with Gasteiger partial charge >= 0.3 is 0 Å². The van der Waals surface area contributed by atoms with E-state index in [9.17, 15) is 23.6 Å². The van der Waals surface area contributed by atoms with Crippen molar-refractivity contribution in [3.05, 3.63) is 56.1 Å². The Labute approximate surface area is 146 Å². The van der Waals surface area contributed by atoms with Crippen LogP contribution in [0.4, 0.5) is 11.4 Å². The van der Waals surface area contributed by atoms with Crippen molar-refractivity contribution >= 4 is 21.4 Å². The quantitative estimate of drug-likeness (QED) is 0.663. The maximum Gasteiger partial charge on any atom is 0.271 e. The molecule has 2 rings (SSSR count). The first-order valence-corrected chi connectivity index (χ1v) is 9.01. The third kappa shape index (κ3) is 3.30. The van der Waals surface area contributed by atoms with Gasteiger partial charge in [-0.3, -0.25) is 14.8 Å². The van der Waals surface area contributed by atoms with Gasteiger partial charge in [-0.25, -0.2) is 8.42 Å². The van der Waals surface area contributed by atoms with Gasteiger partial charge in [0.2, 0.25) is 0 Å². The van der Waals surface area contributed by atoms with Gasteiger partial charge in [-0.2, -0.15) is 0 Å². The molecule has 0 bridgehead atoms. The molecular formula is C17H19N2O5S-. The van der Waals surface area contributed by atoms with E-state index in [1.54, 1.807) is 13.8 Å². The smallest absolute Gasteiger partial charge is 0.271 e. The number of nitrogens with zero attached hydrogens (tertiary/aromatic N) is 1. The van der Waals surface area contributed by atoms with Gasteiger partial charge in [-0.1, -0.05) is 11.8 Å². The summed E-state index contributed by atoms with van der Waals surface area (Å²) in [6.07, 6.45) is 0. The molecule has 0 unspecified atom stereocenters. The summed E-state index contributed by atoms with van der Waals surface area (Å²) in [6, 6.07) is 2.94. The number of hydrogen-bond donors (Lipinski definition) is 1. The van der Waals surface area contributed by atoms with Gasteiger partial charge in [-0.15, -0.1) is 0 Å². The Balaban J connectivity index is 2.63. The van der Waals surface area contributed by atoms with Crippen LogP contribution in [-0.2, 0) is 10.0 Å². The first-order chi connectivity index (χ1) is 11.5. The van der Waals surface area contributed by atoms with Crippen LogP contribution in [0.15, 0.2) is 23.1 Å². The van der Waals surface area contributed by atoms with Crippen LogP contribution in [-0.4, -0.2) is 13.3 Å². The molecule has 0 aromatic heterocycles. The fourth-order valence-electron chi connectivity index (χ4n) is 2.78. The molecule has 0 atom stereocenters. The number of nitro groups is 1. The zero-order valence-corrected chi connectivity index (χ0v) is 15.4. The maximum atomic E-state index is 12.9. The van der Waals surface area contributed by atoms with Gasteiger partial charge in [0.1, 0.15) is 0 Å². The minimum absolute atomic E-state index is 0.0963. The van der Waals surface area contributed by atoms with Crippen LogP contribution in [0.3, 0.4) is 0 Å². The average Bonchev–Trinajstić information content (AvgIpc) is 2.52. The monoisotopic (exact) mass is 363 g/mol. The average molecular weight is 363 g/mol. The lowest BCUT2D eigenvalue weighted by molar-refractivity contribution is -0.385. The van der Waals surface area contributed by atoms with E-state index in [1.165, 1.54) is 0 Å². The highest BCUT2D eigenvalue weighted by Gasteiger charge is 2.24. The molecule has 0 saturated carbocycles. The van der Waals surface area contributed by atoms with Gasteiger partial charge in [0.25, 0.3) is 15.7 Å². The molecule has 0 amide bonds. The number of hydrogen-bond acceptors (Lipinski definition) is 5. The standard InChI is InChI=1S/C17H20N2O5S/c1-9-10(2)12(4)17(13(5)11(9)3)25(23,24)18-15-8-14(19(21)22)6-7-16(15)20/h6-8,18,20H,1-5H3/p-1. The molecule has 0 fully saturated rings. The lowest BCUT2D eigenvalue weighted by atomic mass is 9.95. The zero-order valence-electron chi connectivity index (χ0n) is 14.6. The summed E-state index contributed by atoms with van der Waals surface area (Å²) in [7, 11) is -4.07. The predicted molar refractivity (Wildman–Crippen MR) is 93.5 cm³/mol. The molecule has 8 heteroatoms. The normalized spacial score (nSPS) is 11.4. The molecule has 0 heterocycles. The Morgan fingerprint density at radius 2 is 1.40 bits per heavy atom. The second kappa shape index (κ2) is 6.36. The highest BCUT2D eigenvalue weighted by Crippen LogP contribution is 2.33. The maximum absolute atomic E-state index is 12.9. The van der Waals surface area contributed by atoms with Crippen molar-refractivity contribution in [2.24, 2.45) is 0 Å². The lowest BCUT2D eigenvalue weighted by Crippen LogP contribution is -2.18. The van der Waals surface area contributed by atoms with E-state index in [-0.39, 0.29) is 16.3 Å². The van der Waals surface area contributed by atoms with Crippen LogP contribution in [0.1, 0.15) is 27.8 Å². The Morgan fingerprint density at radius 1 is 0.920 bits per heavy atom. The zero-order chi connectivity index (χ0) is 19.1. The van der Waals surface area contributed by atoms with Gasteiger partial charge in [0.05, 0.1) is 9.82 Å². The van der Waals surface area contributed by atoms with Crippen LogP contribution < -0.4 is 9.83 Å². The Bertz CT molecular complexity index is 952. The van der Waals surface area contributed by atoms with E-state index in [4.69, 9.17) is 0 Å². The van der Waals surface area contributed by atoms with E-state index >= 15 is 0 Å². The van der Waals surface area contributed by atoms with E-state index in [0.717, 1.165) is 34.9 Å². The second-order valence-electron chi connectivity index (χ2n) is 6.00. The summed E-state index contributed by atoms with van der Waals surface area (Å²) in [5.74, 6) is -0.634. The fraction of sp³-hybridized carbons (Fsp3) is 0.294. The van der Waals surface area contributed by atoms with Crippen LogP contribution >= 0.6 is 0 Å². The number of nitro benzene ring substituents is 1. The molecule has 0 saturated heterocycles. The van der Waals surface area contributed by atoms with E-state index in [0.29, 0.717) is 11.1 Å². The summed E-state index contributed by atoms with van der Waals surface area (Å²) < 4.78 is 28.0. The molecule has 0 radical (unpaired) electrons. The second-order valence-corrected chi connectivity index (χ2v) is 7.62. The number of sulfonamides is 1. The summed E-state index contributed by atoms with van der Waals surface area (Å²) in [4.78, 5) is 10.3. The summed E-state index contributed by atoms with van der Waals surface area (Å²) in [5, 5.41) is 22.8. The van der Waals surface area contributed by atoms with Crippen LogP contribution in [0.25, 0.3) is 0 Å². The largest absolute Gasteiger partial charge is 0.871 e. The number of rotatable bonds is 4. The topological polar surface area (TPSA) is 112 Å². The Kier molecular flexibility index (Phi) is 4.76. The molecule has 25 heavy (non-hydrogen) atoms. The van der Waals surface area contributed by atoms with Crippen LogP contribution in [0.2, 0.25) is 0 Å². The predicted octanol–water partition coefficient (Wildman–Crippen LogP) is 3.01. The van der Waals surface area contributed by atoms with E-state index < -0.39 is 20.7 Å². The summed E-state index contributed by atoms with van der Waals surface area (Å²) >= 11 is 0. The van der Waals surface area contributed by atoms with Crippen molar-refractivity contribution in [2.75, 3.05) is 4.72 Å². The minimum atomic E-state index is -4.07. The number of benzene rings is 2. The molecule has 134 valence electrons. The molecule has 0 aliphatic heterocycles. The molecule has 7 nitrogen and oxygen atoms in total. The van der Waals surface area contributed by atoms with Gasteiger partial charge in [0, 0.05) is 17.8 Å². The third-order valence-corrected chi connectivity index (χ3v) is 6.26. The molecule has 2 aromatic carbocycles. The minimum Gasteiger partial charge on any atom is -0.871 e. The van der Waals surface area contributed by atoms with Crippen molar-refractivity contribution in [3.8, 4) is 5.75 Å². The first kappa shape index (κ1) is 18.7. The number of nitrogens with one attached hydrogen (secondary N) is 1. The van der Waals surface area contributed by atoms with Crippen LogP contribution in [0.5, 0.6) is 5.75 Å². The van der Waals surface area contributed by atoms with Gasteiger partial charge in [-0.05, 0) is 62.4 Å². The SMILES string of the molecule is Cc1c(C)c(C)c(S(=O)(=O)Nc2cc([N+](=O)[O-])ccc2[O-])c(C)c1C. The van der Waals surface area contributed by atoms with Crippen molar-refractivity contribution in [1.82, 2.24) is 0 Å². The molecule has 0 aliphatic rings. The van der Waals surface area contributed by atoms with Crippen molar-refractivity contribution in [3.63, 3.8) is 0 Å².